The number of likely N-dealkylation sites (tertiary alicyclic amines) is 1. The van der Waals surface area contributed by atoms with Crippen molar-refractivity contribution in [2.75, 3.05) is 26.2 Å². The SMILES string of the molecule is O=C1NC[C@@H](Cc2ccccc2)NC(=O)C2(C/C=C/COc3ccccc31)CCN(C(=O)c1ccccn1)CC2. The highest BCUT2D eigenvalue weighted by molar-refractivity contribution is 5.97. The van der Waals surface area contributed by atoms with E-state index in [0.29, 0.717) is 55.8 Å². The molecule has 0 aliphatic carbocycles. The first-order valence-electron chi connectivity index (χ1n) is 13.7. The molecule has 3 aromatic rings. The molecular weight excluding hydrogens is 504 g/mol. The van der Waals surface area contributed by atoms with Crippen LogP contribution in [0.5, 0.6) is 5.75 Å². The number of carbonyl (C=O) groups excluding carboxylic acids is 3. The molecule has 3 amide bonds. The molecule has 1 aromatic heterocycles. The van der Waals surface area contributed by atoms with Crippen molar-refractivity contribution < 1.29 is 19.1 Å². The fourth-order valence-corrected chi connectivity index (χ4v) is 5.33. The summed E-state index contributed by atoms with van der Waals surface area (Å²) >= 11 is 0. The van der Waals surface area contributed by atoms with E-state index < -0.39 is 5.41 Å². The molecular formula is C32H34N4O4. The van der Waals surface area contributed by atoms with Crippen LogP contribution in [0.4, 0.5) is 0 Å². The van der Waals surface area contributed by atoms with E-state index in [4.69, 9.17) is 4.74 Å². The third-order valence-corrected chi connectivity index (χ3v) is 7.68. The Morgan fingerprint density at radius 1 is 0.950 bits per heavy atom. The third-order valence-electron chi connectivity index (χ3n) is 7.68. The largest absolute Gasteiger partial charge is 0.489 e. The lowest BCUT2D eigenvalue weighted by atomic mass is 9.74. The lowest BCUT2D eigenvalue weighted by molar-refractivity contribution is -0.134. The van der Waals surface area contributed by atoms with Crippen LogP contribution in [0.3, 0.4) is 0 Å². The van der Waals surface area contributed by atoms with Gasteiger partial charge in [-0.2, -0.15) is 0 Å². The van der Waals surface area contributed by atoms with E-state index in [1.165, 1.54) is 0 Å². The Morgan fingerprint density at radius 3 is 2.48 bits per heavy atom. The van der Waals surface area contributed by atoms with E-state index in [-0.39, 0.29) is 36.9 Å². The van der Waals surface area contributed by atoms with Crippen LogP contribution in [0.15, 0.2) is 91.1 Å². The van der Waals surface area contributed by atoms with Crippen molar-refractivity contribution in [1.82, 2.24) is 20.5 Å². The second-order valence-electron chi connectivity index (χ2n) is 10.3. The molecule has 1 atom stereocenters. The number of rotatable bonds is 3. The number of fused-ring (bicyclic) bond motifs is 1. The van der Waals surface area contributed by atoms with Crippen molar-refractivity contribution in [3.05, 3.63) is 108 Å². The van der Waals surface area contributed by atoms with Crippen molar-refractivity contribution in [2.24, 2.45) is 5.41 Å². The maximum Gasteiger partial charge on any atom is 0.272 e. The van der Waals surface area contributed by atoms with E-state index in [0.717, 1.165) is 5.56 Å². The number of aromatic nitrogens is 1. The third kappa shape index (κ3) is 6.39. The Balaban J connectivity index is 1.38. The lowest BCUT2D eigenvalue weighted by Crippen LogP contribution is -2.54. The summed E-state index contributed by atoms with van der Waals surface area (Å²) < 4.78 is 5.92. The van der Waals surface area contributed by atoms with Crippen molar-refractivity contribution in [1.29, 1.82) is 0 Å². The molecule has 206 valence electrons. The summed E-state index contributed by atoms with van der Waals surface area (Å²) in [5.41, 5.74) is 1.25. The van der Waals surface area contributed by atoms with Crippen molar-refractivity contribution >= 4 is 17.7 Å². The predicted octanol–water partition coefficient (Wildman–Crippen LogP) is 3.80. The average Bonchev–Trinajstić information content (AvgIpc) is 3.00. The topological polar surface area (TPSA) is 101 Å². The molecule has 1 spiro atoms. The highest BCUT2D eigenvalue weighted by Gasteiger charge is 2.42. The summed E-state index contributed by atoms with van der Waals surface area (Å²) in [5.74, 6) is 0.0843. The second-order valence-corrected chi connectivity index (χ2v) is 10.3. The molecule has 0 saturated carbocycles. The molecule has 5 rings (SSSR count). The summed E-state index contributed by atoms with van der Waals surface area (Å²) in [7, 11) is 0. The fourth-order valence-electron chi connectivity index (χ4n) is 5.33. The van der Waals surface area contributed by atoms with Gasteiger partial charge < -0.3 is 20.3 Å². The summed E-state index contributed by atoms with van der Waals surface area (Å²) in [6.45, 7) is 1.47. The van der Waals surface area contributed by atoms with Crippen LogP contribution in [0, 0.1) is 5.41 Å². The smallest absolute Gasteiger partial charge is 0.272 e. The van der Waals surface area contributed by atoms with Crippen molar-refractivity contribution in [3.8, 4) is 5.75 Å². The number of pyridine rings is 1. The van der Waals surface area contributed by atoms with Crippen molar-refractivity contribution in [3.63, 3.8) is 0 Å². The van der Waals surface area contributed by atoms with Gasteiger partial charge in [0, 0.05) is 25.8 Å². The minimum atomic E-state index is -0.682. The number of para-hydroxylation sites is 1. The summed E-state index contributed by atoms with van der Waals surface area (Å²) in [6.07, 6.45) is 7.63. The number of carbonyl (C=O) groups is 3. The van der Waals surface area contributed by atoms with Crippen LogP contribution in [0.2, 0.25) is 0 Å². The Hall–Kier alpha value is -4.46. The minimum absolute atomic E-state index is 0.0596. The van der Waals surface area contributed by atoms with Gasteiger partial charge in [-0.05, 0) is 55.5 Å². The molecule has 40 heavy (non-hydrogen) atoms. The number of amides is 3. The Labute approximate surface area is 234 Å². The first-order chi connectivity index (χ1) is 19.5. The molecule has 2 aromatic carbocycles. The molecule has 2 N–H and O–H groups in total. The standard InChI is InChI=1S/C32H34N4O4/c37-29-26-12-4-5-14-28(26)40-21-9-7-15-32(16-19-36(20-17-32)30(38)27-13-6-8-18-33-27)31(39)35-25(23-34-29)22-24-10-2-1-3-11-24/h1-14,18,25H,15-17,19-23H2,(H,34,37)(H,35,39)/b9-7+/t25-/m1/s1. The maximum atomic E-state index is 14.0. The van der Waals surface area contributed by atoms with Crippen LogP contribution >= 0.6 is 0 Å². The van der Waals surface area contributed by atoms with Gasteiger partial charge in [-0.15, -0.1) is 0 Å². The lowest BCUT2D eigenvalue weighted by Gasteiger charge is -2.41. The Kier molecular flexibility index (Phi) is 8.54. The molecule has 1 saturated heterocycles. The van der Waals surface area contributed by atoms with Crippen LogP contribution in [0.25, 0.3) is 0 Å². The zero-order valence-corrected chi connectivity index (χ0v) is 22.4. The van der Waals surface area contributed by atoms with Gasteiger partial charge in [0.25, 0.3) is 11.8 Å². The van der Waals surface area contributed by atoms with Gasteiger partial charge in [-0.1, -0.05) is 60.7 Å². The molecule has 0 unspecified atom stereocenters. The summed E-state index contributed by atoms with van der Waals surface area (Å²) in [6, 6.07) is 22.1. The quantitative estimate of drug-likeness (QED) is 0.494. The van der Waals surface area contributed by atoms with Gasteiger partial charge in [0.1, 0.15) is 18.1 Å². The Morgan fingerprint density at radius 2 is 1.70 bits per heavy atom. The van der Waals surface area contributed by atoms with E-state index in [1.54, 1.807) is 47.5 Å². The van der Waals surface area contributed by atoms with Gasteiger partial charge in [0.15, 0.2) is 0 Å². The van der Waals surface area contributed by atoms with Crippen molar-refractivity contribution in [2.45, 2.75) is 31.7 Å². The van der Waals surface area contributed by atoms with Gasteiger partial charge in [-0.25, -0.2) is 0 Å². The van der Waals surface area contributed by atoms with E-state index in [2.05, 4.69) is 15.6 Å². The van der Waals surface area contributed by atoms with E-state index >= 15 is 0 Å². The molecule has 2 aliphatic heterocycles. The number of ether oxygens (including phenoxy) is 1. The number of nitrogens with one attached hydrogen (secondary N) is 2. The number of hydrogen-bond donors (Lipinski definition) is 2. The number of piperidine rings is 1. The second kappa shape index (κ2) is 12.6. The molecule has 3 heterocycles. The molecule has 0 bridgehead atoms. The molecule has 0 radical (unpaired) electrons. The van der Waals surface area contributed by atoms with Gasteiger partial charge in [-0.3, -0.25) is 19.4 Å². The fraction of sp³-hybridized carbons (Fsp3) is 0.312. The van der Waals surface area contributed by atoms with Gasteiger partial charge in [0.2, 0.25) is 5.91 Å². The molecule has 8 nitrogen and oxygen atoms in total. The predicted molar refractivity (Wildman–Crippen MR) is 152 cm³/mol. The minimum Gasteiger partial charge on any atom is -0.489 e. The average molecular weight is 539 g/mol. The monoisotopic (exact) mass is 538 g/mol. The molecule has 1 fully saturated rings. The van der Waals surface area contributed by atoms with Crippen LogP contribution in [-0.4, -0.2) is 59.9 Å². The normalized spacial score (nSPS) is 20.3. The van der Waals surface area contributed by atoms with E-state index in [1.807, 2.05) is 48.6 Å². The van der Waals surface area contributed by atoms with Crippen LogP contribution < -0.4 is 15.4 Å². The zero-order valence-electron chi connectivity index (χ0n) is 22.4. The maximum absolute atomic E-state index is 14.0. The van der Waals surface area contributed by atoms with E-state index in [9.17, 15) is 14.4 Å². The molecule has 2 aliphatic rings. The van der Waals surface area contributed by atoms with Gasteiger partial charge in [0.05, 0.1) is 17.0 Å². The number of hydrogen-bond acceptors (Lipinski definition) is 5. The summed E-state index contributed by atoms with van der Waals surface area (Å²) in [5, 5.41) is 6.27. The highest BCUT2D eigenvalue weighted by atomic mass is 16.5. The van der Waals surface area contributed by atoms with Crippen LogP contribution in [-0.2, 0) is 11.2 Å². The van der Waals surface area contributed by atoms with Crippen LogP contribution in [0.1, 0.15) is 45.7 Å². The summed E-state index contributed by atoms with van der Waals surface area (Å²) in [4.78, 5) is 46.1. The highest BCUT2D eigenvalue weighted by Crippen LogP contribution is 2.36. The zero-order chi connectivity index (χ0) is 27.8. The first-order valence-corrected chi connectivity index (χ1v) is 13.7. The Bertz CT molecular complexity index is 1350. The van der Waals surface area contributed by atoms with Gasteiger partial charge >= 0.3 is 0 Å². The number of nitrogens with zero attached hydrogens (tertiary/aromatic N) is 2. The number of benzene rings is 2. The first kappa shape index (κ1) is 27.1. The number of allylic oxidation sites excluding steroid dienone is 1. The molecule has 8 heteroatoms.